The van der Waals surface area contributed by atoms with Crippen LogP contribution in [0.2, 0.25) is 0 Å². The zero-order chi connectivity index (χ0) is 34.0. The zero-order valence-corrected chi connectivity index (χ0v) is 27.8. The SMILES string of the molecule is CNc1c(Nc2cc(C(C)(C)C)cc(NC(=O)Nc3ccc(-c4ccc(CN5CCOCC5)nc4)c4ccccc34)c2OC)c(=O)c1=O. The Morgan fingerprint density at radius 1 is 0.896 bits per heavy atom. The number of aromatic nitrogens is 1. The number of amides is 2. The summed E-state index contributed by atoms with van der Waals surface area (Å²) in [5.41, 5.74) is 4.21. The first-order valence-electron chi connectivity index (χ1n) is 15.9. The van der Waals surface area contributed by atoms with E-state index in [0.717, 1.165) is 66.0 Å². The minimum Gasteiger partial charge on any atom is -0.492 e. The minimum absolute atomic E-state index is 0.149. The van der Waals surface area contributed by atoms with Crippen LogP contribution in [0.3, 0.4) is 0 Å². The van der Waals surface area contributed by atoms with Gasteiger partial charge < -0.3 is 30.7 Å². The van der Waals surface area contributed by atoms with Crippen LogP contribution in [0.4, 0.5) is 33.2 Å². The van der Waals surface area contributed by atoms with Gasteiger partial charge in [0.25, 0.3) is 10.9 Å². The van der Waals surface area contributed by atoms with E-state index in [-0.39, 0.29) is 16.8 Å². The number of urea groups is 1. The Bertz CT molecular complexity index is 2040. The standard InChI is InChI=1S/C37H40N6O5/c1-37(2,3)23-18-29(40-32-31(38-4)33(44)34(32)45)35(47-5)30(19-23)42-36(46)41-28-13-12-25(26-8-6-7-9-27(26)28)22-10-11-24(39-20-22)21-43-14-16-48-17-15-43/h6-13,18-20,38,40H,14-17,21H2,1-5H3,(H2,41,42,46). The smallest absolute Gasteiger partial charge is 0.323 e. The number of morpholine rings is 1. The summed E-state index contributed by atoms with van der Waals surface area (Å²) in [6, 6.07) is 19.2. The second-order valence-corrected chi connectivity index (χ2v) is 12.8. The molecule has 248 valence electrons. The van der Waals surface area contributed by atoms with Gasteiger partial charge in [-0.05, 0) is 46.2 Å². The lowest BCUT2D eigenvalue weighted by Gasteiger charge is -2.26. The number of benzene rings is 3. The minimum atomic E-state index is -0.621. The number of carbonyl (C=O) groups excluding carboxylic acids is 1. The van der Waals surface area contributed by atoms with E-state index in [9.17, 15) is 14.4 Å². The van der Waals surface area contributed by atoms with E-state index >= 15 is 0 Å². The summed E-state index contributed by atoms with van der Waals surface area (Å²) in [5.74, 6) is 0.318. The number of nitrogens with zero attached hydrogens (tertiary/aromatic N) is 2. The van der Waals surface area contributed by atoms with Crippen LogP contribution in [-0.4, -0.2) is 56.4 Å². The third kappa shape index (κ3) is 6.60. The van der Waals surface area contributed by atoms with Crippen molar-refractivity contribution < 1.29 is 14.3 Å². The molecule has 0 bridgehead atoms. The fraction of sp³-hybridized carbons (Fsp3) is 0.297. The van der Waals surface area contributed by atoms with Crippen molar-refractivity contribution in [3.8, 4) is 16.9 Å². The predicted octanol–water partition coefficient (Wildman–Crippen LogP) is 6.07. The molecule has 0 unspecified atom stereocenters. The molecule has 0 saturated carbocycles. The summed E-state index contributed by atoms with van der Waals surface area (Å²) in [4.78, 5) is 45.0. The Kier molecular flexibility index (Phi) is 9.16. The van der Waals surface area contributed by atoms with Crippen LogP contribution in [0.5, 0.6) is 5.75 Å². The average Bonchev–Trinajstić information content (AvgIpc) is 3.08. The van der Waals surface area contributed by atoms with Crippen molar-refractivity contribution >= 4 is 45.2 Å². The second-order valence-electron chi connectivity index (χ2n) is 12.8. The van der Waals surface area contributed by atoms with Gasteiger partial charge in [-0.25, -0.2) is 4.79 Å². The maximum absolute atomic E-state index is 13.6. The first-order chi connectivity index (χ1) is 23.1. The van der Waals surface area contributed by atoms with Crippen LogP contribution >= 0.6 is 0 Å². The number of hydrogen-bond donors (Lipinski definition) is 4. The van der Waals surface area contributed by atoms with E-state index in [2.05, 4.69) is 38.3 Å². The number of carbonyl (C=O) groups is 1. The number of anilines is 5. The van der Waals surface area contributed by atoms with Crippen molar-refractivity contribution in [1.82, 2.24) is 9.88 Å². The molecule has 1 fully saturated rings. The molecule has 0 spiro atoms. The predicted molar refractivity (Wildman–Crippen MR) is 192 cm³/mol. The largest absolute Gasteiger partial charge is 0.492 e. The van der Waals surface area contributed by atoms with Gasteiger partial charge in [0.15, 0.2) is 5.75 Å². The Labute approximate surface area is 279 Å². The molecule has 2 amide bonds. The molecule has 1 aromatic heterocycles. The molecule has 1 aliphatic heterocycles. The van der Waals surface area contributed by atoms with Crippen molar-refractivity contribution in [3.05, 3.63) is 98.6 Å². The molecule has 2 heterocycles. The molecule has 0 atom stereocenters. The monoisotopic (exact) mass is 648 g/mol. The Hall–Kier alpha value is -5.26. The van der Waals surface area contributed by atoms with Gasteiger partial charge in [-0.2, -0.15) is 0 Å². The summed E-state index contributed by atoms with van der Waals surface area (Å²) in [6.45, 7) is 10.2. The molecule has 5 aromatic rings. The lowest BCUT2D eigenvalue weighted by molar-refractivity contribution is 0.0336. The quantitative estimate of drug-likeness (QED) is 0.141. The second kappa shape index (κ2) is 13.5. The molecule has 0 aliphatic carbocycles. The van der Waals surface area contributed by atoms with E-state index in [4.69, 9.17) is 14.5 Å². The van der Waals surface area contributed by atoms with Crippen molar-refractivity contribution in [3.63, 3.8) is 0 Å². The van der Waals surface area contributed by atoms with Gasteiger partial charge in [0.2, 0.25) is 0 Å². The highest BCUT2D eigenvalue weighted by Gasteiger charge is 2.25. The molecule has 6 rings (SSSR count). The number of fused-ring (bicyclic) bond motifs is 1. The average molecular weight is 649 g/mol. The number of nitrogens with one attached hydrogen (secondary N) is 4. The fourth-order valence-corrected chi connectivity index (χ4v) is 5.95. The van der Waals surface area contributed by atoms with Crippen molar-refractivity contribution in [2.75, 3.05) is 61.7 Å². The van der Waals surface area contributed by atoms with Crippen LogP contribution in [0.15, 0.2) is 76.4 Å². The summed E-state index contributed by atoms with van der Waals surface area (Å²) < 4.78 is 11.2. The maximum Gasteiger partial charge on any atom is 0.323 e. The third-order valence-electron chi connectivity index (χ3n) is 8.62. The van der Waals surface area contributed by atoms with Gasteiger partial charge in [-0.15, -0.1) is 0 Å². The first-order valence-corrected chi connectivity index (χ1v) is 15.9. The van der Waals surface area contributed by atoms with E-state index in [1.54, 1.807) is 7.05 Å². The molecule has 1 saturated heterocycles. The van der Waals surface area contributed by atoms with Crippen LogP contribution in [0.1, 0.15) is 32.0 Å². The normalized spacial score (nSPS) is 13.8. The van der Waals surface area contributed by atoms with Crippen molar-refractivity contribution in [2.45, 2.75) is 32.7 Å². The highest BCUT2D eigenvalue weighted by Crippen LogP contribution is 2.41. The maximum atomic E-state index is 13.6. The summed E-state index contributed by atoms with van der Waals surface area (Å²) in [7, 11) is 3.07. The van der Waals surface area contributed by atoms with Gasteiger partial charge in [-0.3, -0.25) is 19.5 Å². The molecule has 0 radical (unpaired) electrons. The first kappa shape index (κ1) is 32.7. The lowest BCUT2D eigenvalue weighted by Crippen LogP contribution is -2.36. The Morgan fingerprint density at radius 3 is 2.25 bits per heavy atom. The van der Waals surface area contributed by atoms with Gasteiger partial charge in [0.05, 0.1) is 43.1 Å². The van der Waals surface area contributed by atoms with Crippen LogP contribution in [0.25, 0.3) is 21.9 Å². The molecular weight excluding hydrogens is 608 g/mol. The van der Waals surface area contributed by atoms with Gasteiger partial charge in [0.1, 0.15) is 11.4 Å². The van der Waals surface area contributed by atoms with E-state index in [0.29, 0.717) is 22.8 Å². The van der Waals surface area contributed by atoms with Gasteiger partial charge >= 0.3 is 6.03 Å². The van der Waals surface area contributed by atoms with E-state index < -0.39 is 16.9 Å². The van der Waals surface area contributed by atoms with E-state index in [1.807, 2.05) is 75.5 Å². The lowest BCUT2D eigenvalue weighted by atomic mass is 9.86. The van der Waals surface area contributed by atoms with Crippen molar-refractivity contribution in [1.29, 1.82) is 0 Å². The topological polar surface area (TPSA) is 134 Å². The van der Waals surface area contributed by atoms with Crippen LogP contribution in [0, 0.1) is 0 Å². The van der Waals surface area contributed by atoms with Crippen molar-refractivity contribution in [2.24, 2.45) is 0 Å². The van der Waals surface area contributed by atoms with E-state index in [1.165, 1.54) is 7.11 Å². The molecule has 4 aromatic carbocycles. The number of methoxy groups -OCH3 is 1. The molecule has 11 heteroatoms. The molecule has 4 N–H and O–H groups in total. The summed E-state index contributed by atoms with van der Waals surface area (Å²) in [5, 5.41) is 13.6. The molecule has 1 aliphatic rings. The highest BCUT2D eigenvalue weighted by atomic mass is 16.5. The fourth-order valence-electron chi connectivity index (χ4n) is 5.95. The van der Waals surface area contributed by atoms with Gasteiger partial charge in [-0.1, -0.05) is 57.2 Å². The Morgan fingerprint density at radius 2 is 1.58 bits per heavy atom. The molecule has 11 nitrogen and oxygen atoms in total. The molecule has 48 heavy (non-hydrogen) atoms. The number of pyridine rings is 1. The third-order valence-corrected chi connectivity index (χ3v) is 8.62. The van der Waals surface area contributed by atoms with Crippen LogP contribution in [-0.2, 0) is 16.7 Å². The molecular formula is C37H40N6O5. The summed E-state index contributed by atoms with van der Waals surface area (Å²) >= 11 is 0. The van der Waals surface area contributed by atoms with Gasteiger partial charge in [0, 0.05) is 43.8 Å². The highest BCUT2D eigenvalue weighted by molar-refractivity contribution is 6.10. The summed E-state index contributed by atoms with van der Waals surface area (Å²) in [6.07, 6.45) is 1.90. The Balaban J connectivity index is 1.26. The number of rotatable bonds is 9. The van der Waals surface area contributed by atoms with Crippen LogP contribution < -0.4 is 36.9 Å². The number of hydrogen-bond acceptors (Lipinski definition) is 9. The number of ether oxygens (including phenoxy) is 2. The zero-order valence-electron chi connectivity index (χ0n) is 27.8.